The van der Waals surface area contributed by atoms with E-state index in [9.17, 15) is 24.8 Å². The second kappa shape index (κ2) is 39.0. The van der Waals surface area contributed by atoms with Gasteiger partial charge in [-0.15, -0.1) is 0 Å². The van der Waals surface area contributed by atoms with E-state index in [1.807, 2.05) is 41.1 Å². The smallest absolute Gasteiger partial charge is 0.170 e. The quantitative estimate of drug-likeness (QED) is 0.0523. The standard InChI is InChI=1S/C28H32F2N4O.C27H30F2N4O.C27H32F2N4O.C26H30F2N4O/c1-18-5-2-3-6-22(18)19-7-12-33(13-8-19)26-23-15-20(34-14-9-21(35)17-34)16-24(29)25(23)31-27(32-26)28(30)10-4-11-28;1-17-4-2-3-5-21(17)18-6-11-32(12-7-18)25-22-14-19(33-13-8-20(34)16-33)15-23(28)24(22)30-26(31-25)27(29)9-10-27;1-18-6-3-4-7-21(18)19-8-12-33(13-9-19)25-22-16-20(32(2)14-15-34)17-23(28)24(22)30-26(31-25)27(29)10-5-11-27;1-17-5-3-4-6-20(17)18-7-11-32(12-8-18)24-21-15-19(31(2)13-14-33)16-22(27)23(21)29-25(30-24)26(28)9-10-26/h2-3,5-6,15-16,19,21,35H,4,7-14,17H2,1H3;2-5,14-15,18,20,34H,6-13,16H2,1H3;3-4,6-7,16-17,19,34H,5,8-15H2,1-2H3;3-6,15-16,18,33H,7-14H2,1-2H3/t21-;20-;;/m00../s1. The van der Waals surface area contributed by atoms with Crippen molar-refractivity contribution in [2.75, 3.05) is 158 Å². The highest BCUT2D eigenvalue weighted by molar-refractivity contribution is 5.96. The zero-order valence-corrected chi connectivity index (χ0v) is 78.7. The van der Waals surface area contributed by atoms with Crippen LogP contribution >= 0.6 is 0 Å². The molecule has 12 aromatic rings. The summed E-state index contributed by atoms with van der Waals surface area (Å²) in [6.45, 7) is 17.8. The van der Waals surface area contributed by atoms with Crippen LogP contribution in [0.5, 0.6) is 0 Å². The van der Waals surface area contributed by atoms with Gasteiger partial charge in [-0.25, -0.2) is 75.0 Å². The molecule has 10 fully saturated rings. The van der Waals surface area contributed by atoms with Crippen LogP contribution in [0.15, 0.2) is 146 Å². The minimum absolute atomic E-state index is 0.0325. The number of anilines is 8. The molecule has 6 aliphatic heterocycles. The molecule has 0 spiro atoms. The molecule has 6 saturated heterocycles. The molecule has 0 bridgehead atoms. The van der Waals surface area contributed by atoms with Crippen molar-refractivity contribution in [2.45, 2.75) is 215 Å². The van der Waals surface area contributed by atoms with Crippen molar-refractivity contribution >= 4 is 89.6 Å². The predicted molar refractivity (Wildman–Crippen MR) is 523 cm³/mol. The summed E-state index contributed by atoms with van der Waals surface area (Å²) in [6, 6.07) is 47.4. The number of likely N-dealkylation sites (N-methyl/N-ethyl adjacent to an activating group) is 2. The molecule has 28 heteroatoms. The van der Waals surface area contributed by atoms with Gasteiger partial charge in [-0.05, 0) is 273 Å². The number of aryl methyl sites for hydroxylation is 4. The number of β-amino-alcohol motifs (C(OH)–C–C–N with tert-alkyl or cyclic N) is 2. The lowest BCUT2D eigenvalue weighted by Gasteiger charge is -2.36. The Bertz CT molecular complexity index is 6370. The van der Waals surface area contributed by atoms with E-state index in [1.54, 1.807) is 16.8 Å². The summed E-state index contributed by atoms with van der Waals surface area (Å²) < 4.78 is 122. The fourth-order valence-electron chi connectivity index (χ4n) is 21.6. The van der Waals surface area contributed by atoms with E-state index in [0.29, 0.717) is 183 Å². The van der Waals surface area contributed by atoms with Gasteiger partial charge in [0.15, 0.2) is 69.2 Å². The van der Waals surface area contributed by atoms with E-state index in [0.717, 1.165) is 128 Å². The van der Waals surface area contributed by atoms with E-state index in [4.69, 9.17) is 15.0 Å². The fourth-order valence-corrected chi connectivity index (χ4v) is 21.6. The predicted octanol–water partition coefficient (Wildman–Crippen LogP) is 20.5. The maximum Gasteiger partial charge on any atom is 0.170 e. The summed E-state index contributed by atoms with van der Waals surface area (Å²) in [5, 5.41) is 41.0. The molecule has 0 unspecified atom stereocenters. The average Bonchev–Trinajstić information content (AvgIpc) is 1.55. The summed E-state index contributed by atoms with van der Waals surface area (Å²) in [6.07, 6.45) is 12.9. The van der Waals surface area contributed by atoms with Crippen LogP contribution in [0.2, 0.25) is 0 Å². The minimum Gasteiger partial charge on any atom is -0.395 e. The van der Waals surface area contributed by atoms with E-state index in [2.05, 4.69) is 169 Å². The lowest BCUT2D eigenvalue weighted by molar-refractivity contribution is 0.0509. The van der Waals surface area contributed by atoms with Crippen molar-refractivity contribution in [1.82, 2.24) is 39.9 Å². The highest BCUT2D eigenvalue weighted by Gasteiger charge is 2.51. The lowest BCUT2D eigenvalue weighted by Crippen LogP contribution is -2.36. The number of hydrogen-bond donors (Lipinski definition) is 4. The summed E-state index contributed by atoms with van der Waals surface area (Å²) in [4.78, 5) is 52.6. The minimum atomic E-state index is -1.57. The molecule has 4 saturated carbocycles. The molecule has 10 aliphatic rings. The molecule has 4 aromatic heterocycles. The Balaban J connectivity index is 0.000000116. The molecule has 10 heterocycles. The van der Waals surface area contributed by atoms with E-state index >= 15 is 30.7 Å². The molecular weight excluding hydrogens is 1740 g/mol. The fraction of sp³-hybridized carbons (Fsp3) is 0.481. The van der Waals surface area contributed by atoms with Crippen LogP contribution in [0.4, 0.5) is 81.1 Å². The number of aliphatic hydroxyl groups excluding tert-OH is 4. The molecule has 4 N–H and O–H groups in total. The maximum atomic E-state index is 15.4. The van der Waals surface area contributed by atoms with Crippen LogP contribution in [0.1, 0.15) is 220 Å². The van der Waals surface area contributed by atoms with Gasteiger partial charge in [-0.1, -0.05) is 97.1 Å². The molecule has 716 valence electrons. The largest absolute Gasteiger partial charge is 0.395 e. The van der Waals surface area contributed by atoms with Crippen LogP contribution in [-0.4, -0.2) is 191 Å². The van der Waals surface area contributed by atoms with Gasteiger partial charge in [0.1, 0.15) is 45.3 Å². The summed E-state index contributed by atoms with van der Waals surface area (Å²) in [5.74, 6) is 2.92. The first-order valence-electron chi connectivity index (χ1n) is 49.2. The van der Waals surface area contributed by atoms with Crippen molar-refractivity contribution in [3.05, 3.63) is 237 Å². The number of piperidine rings is 4. The van der Waals surface area contributed by atoms with Gasteiger partial charge in [0.25, 0.3) is 0 Å². The normalized spacial score (nSPS) is 20.4. The van der Waals surface area contributed by atoms with Crippen molar-refractivity contribution in [3.63, 3.8) is 0 Å². The SMILES string of the molecule is Cc1ccccc1C1CCN(c2nc(C3(F)CC3)nc3c(F)cc(N(C)CCO)cc23)CC1.Cc1ccccc1C1CCN(c2nc(C3(F)CC3)nc3c(F)cc(N4CC[C@H](O)C4)cc23)CC1.Cc1ccccc1C1CCN(c2nc(C3(F)CCC3)nc3c(F)cc(N(C)CCO)cc23)CC1.Cc1ccccc1C1CCN(c2nc(C3(F)CCC3)nc3c(F)cc(N4CC[C@H](O)C4)cc23)CC1. The monoisotopic (exact) mass is 1860 g/mol. The molecule has 20 nitrogen and oxygen atoms in total. The number of aromatic nitrogens is 8. The number of rotatable bonds is 20. The van der Waals surface area contributed by atoms with Crippen molar-refractivity contribution in [2.24, 2.45) is 0 Å². The lowest BCUT2D eigenvalue weighted by atomic mass is 9.81. The molecule has 136 heavy (non-hydrogen) atoms. The Labute approximate surface area is 790 Å². The van der Waals surface area contributed by atoms with Crippen molar-refractivity contribution in [1.29, 1.82) is 0 Å². The maximum absolute atomic E-state index is 15.4. The van der Waals surface area contributed by atoms with Crippen LogP contribution in [0.25, 0.3) is 43.6 Å². The second-order valence-electron chi connectivity index (χ2n) is 39.9. The Morgan fingerprint density at radius 2 is 0.559 bits per heavy atom. The Morgan fingerprint density at radius 3 is 0.787 bits per heavy atom. The number of aliphatic hydroxyl groups is 4. The number of halogens is 8. The van der Waals surface area contributed by atoms with Gasteiger partial charge in [-0.2, -0.15) is 0 Å². The molecule has 22 rings (SSSR count). The summed E-state index contributed by atoms with van der Waals surface area (Å²) in [7, 11) is 3.62. The average molecular weight is 1860 g/mol. The molecule has 4 aliphatic carbocycles. The second-order valence-corrected chi connectivity index (χ2v) is 39.9. The first-order chi connectivity index (χ1) is 65.6. The third-order valence-electron chi connectivity index (χ3n) is 30.6. The zero-order valence-electron chi connectivity index (χ0n) is 78.7. The molecule has 8 aromatic carbocycles. The molecule has 2 atom stereocenters. The van der Waals surface area contributed by atoms with Crippen LogP contribution in [-0.2, 0) is 22.7 Å². The first-order valence-corrected chi connectivity index (χ1v) is 49.2. The van der Waals surface area contributed by atoms with Crippen LogP contribution < -0.4 is 39.2 Å². The van der Waals surface area contributed by atoms with Gasteiger partial charge in [0, 0.05) is 150 Å². The van der Waals surface area contributed by atoms with Crippen molar-refractivity contribution in [3.8, 4) is 0 Å². The Hall–Kier alpha value is -11.2. The van der Waals surface area contributed by atoms with Gasteiger partial charge in [0.05, 0.1) is 25.4 Å². The summed E-state index contributed by atoms with van der Waals surface area (Å²) in [5.41, 5.74) is 8.00. The molecule has 0 radical (unpaired) electrons. The number of fused-ring (bicyclic) bond motifs is 4. The number of alkyl halides is 4. The van der Waals surface area contributed by atoms with Gasteiger partial charge in [0.2, 0.25) is 0 Å². The van der Waals surface area contributed by atoms with Gasteiger partial charge < -0.3 is 59.6 Å². The van der Waals surface area contributed by atoms with Crippen molar-refractivity contribution < 1.29 is 55.5 Å². The molecule has 0 amide bonds. The van der Waals surface area contributed by atoms with Gasteiger partial charge >= 0.3 is 0 Å². The topological polar surface area (TPSA) is 210 Å². The highest BCUT2D eigenvalue weighted by atomic mass is 19.2. The van der Waals surface area contributed by atoms with E-state index < -0.39 is 58.2 Å². The van der Waals surface area contributed by atoms with Crippen LogP contribution in [0.3, 0.4) is 0 Å². The Morgan fingerprint density at radius 1 is 0.316 bits per heavy atom. The molecular formula is C108H124F8N16O4. The van der Waals surface area contributed by atoms with E-state index in [1.165, 1.54) is 68.8 Å². The number of benzene rings is 8. The third-order valence-corrected chi connectivity index (χ3v) is 30.6. The van der Waals surface area contributed by atoms with Crippen LogP contribution in [0, 0.1) is 51.0 Å². The summed E-state index contributed by atoms with van der Waals surface area (Å²) >= 11 is 0. The highest BCUT2D eigenvalue weighted by Crippen LogP contribution is 2.53. The van der Waals surface area contributed by atoms with Gasteiger partial charge in [-0.3, -0.25) is 0 Å². The Kier molecular flexibility index (Phi) is 26.9. The number of hydrogen-bond acceptors (Lipinski definition) is 20. The zero-order chi connectivity index (χ0) is 94.6. The van der Waals surface area contributed by atoms with E-state index in [-0.39, 0.29) is 58.6 Å². The first kappa shape index (κ1) is 93.8. The number of nitrogens with zero attached hydrogens (tertiary/aromatic N) is 16. The third kappa shape index (κ3) is 19.4.